The van der Waals surface area contributed by atoms with Crippen molar-refractivity contribution in [3.05, 3.63) is 48.2 Å². The number of oxazole rings is 1. The number of hydrogen-bond donors (Lipinski definition) is 1. The fraction of sp³-hybridized carbons (Fsp3) is 0.316. The van der Waals surface area contributed by atoms with E-state index in [9.17, 15) is 9.18 Å². The van der Waals surface area contributed by atoms with E-state index in [2.05, 4.69) is 30.2 Å². The van der Waals surface area contributed by atoms with E-state index in [1.165, 1.54) is 19.4 Å². The minimum Gasteiger partial charge on any atom is -0.437 e. The normalized spacial score (nSPS) is 14.7. The molecule has 1 fully saturated rings. The quantitative estimate of drug-likeness (QED) is 0.624. The molecule has 29 heavy (non-hydrogen) atoms. The first-order chi connectivity index (χ1) is 14.1. The average Bonchev–Trinajstić information content (AvgIpc) is 3.17. The molecule has 0 atom stereocenters. The molecule has 0 bridgehead atoms. The van der Waals surface area contributed by atoms with Gasteiger partial charge in [0.25, 0.3) is 5.89 Å². The molecule has 4 rings (SSSR count). The third-order valence-electron chi connectivity index (χ3n) is 4.90. The van der Waals surface area contributed by atoms with Gasteiger partial charge in [0.05, 0.1) is 12.8 Å². The summed E-state index contributed by atoms with van der Waals surface area (Å²) in [6.45, 7) is 0.505. The molecule has 0 spiro atoms. The maximum atomic E-state index is 14.2. The molecule has 0 aliphatic heterocycles. The molecular weight excluding hydrogens is 381 g/mol. The lowest BCUT2D eigenvalue weighted by atomic mass is 9.66. The number of ether oxygens (including phenoxy) is 2. The fourth-order valence-corrected chi connectivity index (χ4v) is 3.23. The third kappa shape index (κ3) is 3.86. The first-order valence-corrected chi connectivity index (χ1v) is 9.00. The fourth-order valence-electron chi connectivity index (χ4n) is 3.23. The number of pyridine rings is 1. The molecule has 0 aromatic carbocycles. The summed E-state index contributed by atoms with van der Waals surface area (Å²) in [5.41, 5.74) is 0.514. The molecule has 1 aliphatic carbocycles. The molecule has 3 aromatic rings. The Hall–Kier alpha value is -3.56. The lowest BCUT2D eigenvalue weighted by Crippen LogP contribution is -2.42. The van der Waals surface area contributed by atoms with Gasteiger partial charge in [-0.2, -0.15) is 0 Å². The second kappa shape index (κ2) is 7.82. The zero-order chi connectivity index (χ0) is 20.3. The Morgan fingerprint density at radius 1 is 1.28 bits per heavy atom. The topological polar surface area (TPSA) is 112 Å². The van der Waals surface area contributed by atoms with Crippen LogP contribution in [0.25, 0.3) is 11.6 Å². The molecule has 1 N–H and O–H groups in total. The van der Waals surface area contributed by atoms with Gasteiger partial charge in [-0.1, -0.05) is 6.42 Å². The Kier molecular flexibility index (Phi) is 5.07. The smallest absolute Gasteiger partial charge is 0.437 e. The zero-order valence-electron chi connectivity index (χ0n) is 15.6. The minimum absolute atomic E-state index is 0.111. The molecule has 150 valence electrons. The molecule has 1 saturated carbocycles. The van der Waals surface area contributed by atoms with Gasteiger partial charge in [0.2, 0.25) is 0 Å². The van der Waals surface area contributed by atoms with Gasteiger partial charge in [-0.05, 0) is 37.1 Å². The molecule has 0 saturated heterocycles. The van der Waals surface area contributed by atoms with Gasteiger partial charge in [0, 0.05) is 18.2 Å². The summed E-state index contributed by atoms with van der Waals surface area (Å²) in [7, 11) is 1.19. The molecular formula is C19H18FN5O4. The van der Waals surface area contributed by atoms with Crippen molar-refractivity contribution in [2.45, 2.75) is 24.7 Å². The third-order valence-corrected chi connectivity index (χ3v) is 4.90. The van der Waals surface area contributed by atoms with Crippen LogP contribution in [0.4, 0.5) is 15.0 Å². The number of halogens is 1. The molecule has 0 amide bonds. The predicted octanol–water partition coefficient (Wildman–Crippen LogP) is 3.34. The van der Waals surface area contributed by atoms with Crippen molar-refractivity contribution in [3.8, 4) is 17.5 Å². The van der Waals surface area contributed by atoms with E-state index in [0.717, 1.165) is 19.3 Å². The van der Waals surface area contributed by atoms with E-state index in [1.54, 1.807) is 24.4 Å². The van der Waals surface area contributed by atoms with Crippen LogP contribution >= 0.6 is 0 Å². The van der Waals surface area contributed by atoms with Crippen molar-refractivity contribution >= 4 is 12.0 Å². The standard InChI is InChI=1S/C19H18FN5O4/c1-27-18(26)29-15-10-22-17(28-15)13-5-6-14(25-24-13)23-11-19(7-3-8-19)16-12(20)4-2-9-21-16/h2,4-6,9-10H,3,7-8,11H2,1H3,(H,23,25). The van der Waals surface area contributed by atoms with Crippen molar-refractivity contribution < 1.29 is 23.1 Å². The molecule has 0 unspecified atom stereocenters. The van der Waals surface area contributed by atoms with Gasteiger partial charge < -0.3 is 19.2 Å². The number of anilines is 1. The first kappa shape index (κ1) is 18.8. The predicted molar refractivity (Wildman–Crippen MR) is 98.8 cm³/mol. The van der Waals surface area contributed by atoms with Crippen LogP contribution in [-0.2, 0) is 10.2 Å². The van der Waals surface area contributed by atoms with Crippen LogP contribution < -0.4 is 10.1 Å². The van der Waals surface area contributed by atoms with E-state index < -0.39 is 6.16 Å². The molecule has 0 radical (unpaired) electrons. The molecule has 10 heteroatoms. The Labute approximate surface area is 165 Å². The van der Waals surface area contributed by atoms with Crippen LogP contribution in [0.2, 0.25) is 0 Å². The van der Waals surface area contributed by atoms with Crippen LogP contribution in [0, 0.1) is 5.82 Å². The second-order valence-corrected chi connectivity index (χ2v) is 6.67. The summed E-state index contributed by atoms with van der Waals surface area (Å²) >= 11 is 0. The van der Waals surface area contributed by atoms with Crippen molar-refractivity contribution in [1.29, 1.82) is 0 Å². The molecule has 9 nitrogen and oxygen atoms in total. The van der Waals surface area contributed by atoms with Crippen molar-refractivity contribution in [2.24, 2.45) is 0 Å². The molecule has 3 aromatic heterocycles. The number of aromatic nitrogens is 4. The summed E-state index contributed by atoms with van der Waals surface area (Å²) in [4.78, 5) is 19.3. The summed E-state index contributed by atoms with van der Waals surface area (Å²) in [6, 6.07) is 6.41. The van der Waals surface area contributed by atoms with Crippen LogP contribution in [0.5, 0.6) is 5.95 Å². The number of carbonyl (C=O) groups excluding carboxylic acids is 1. The van der Waals surface area contributed by atoms with Gasteiger partial charge in [-0.15, -0.1) is 10.2 Å². The highest BCUT2D eigenvalue weighted by Crippen LogP contribution is 2.43. The number of rotatable bonds is 6. The van der Waals surface area contributed by atoms with E-state index in [-0.39, 0.29) is 23.1 Å². The summed E-state index contributed by atoms with van der Waals surface area (Å²) in [6.07, 6.45) is 4.69. The zero-order valence-corrected chi connectivity index (χ0v) is 15.6. The largest absolute Gasteiger partial charge is 0.516 e. The SMILES string of the molecule is COC(=O)Oc1cnc(-c2ccc(NCC3(c4ncccc4F)CCC3)nn2)o1. The van der Waals surface area contributed by atoms with E-state index in [1.807, 2.05) is 0 Å². The second-order valence-electron chi connectivity index (χ2n) is 6.67. The highest BCUT2D eigenvalue weighted by atomic mass is 19.1. The van der Waals surface area contributed by atoms with Crippen LogP contribution in [0.3, 0.4) is 0 Å². The average molecular weight is 399 g/mol. The highest BCUT2D eigenvalue weighted by molar-refractivity contribution is 5.62. The van der Waals surface area contributed by atoms with E-state index >= 15 is 0 Å². The Morgan fingerprint density at radius 3 is 2.79 bits per heavy atom. The number of nitrogens with one attached hydrogen (secondary N) is 1. The summed E-state index contributed by atoms with van der Waals surface area (Å²) in [5, 5.41) is 11.4. The molecule has 1 aliphatic rings. The maximum absolute atomic E-state index is 14.2. The van der Waals surface area contributed by atoms with Gasteiger partial charge in [0.15, 0.2) is 0 Å². The van der Waals surface area contributed by atoms with Crippen molar-refractivity contribution in [3.63, 3.8) is 0 Å². The first-order valence-electron chi connectivity index (χ1n) is 9.00. The number of nitrogens with zero attached hydrogens (tertiary/aromatic N) is 4. The number of methoxy groups -OCH3 is 1. The Balaban J connectivity index is 1.42. The highest BCUT2D eigenvalue weighted by Gasteiger charge is 2.41. The van der Waals surface area contributed by atoms with Gasteiger partial charge >= 0.3 is 12.1 Å². The number of hydrogen-bond acceptors (Lipinski definition) is 9. The van der Waals surface area contributed by atoms with Gasteiger partial charge in [0.1, 0.15) is 23.5 Å². The minimum atomic E-state index is -0.910. The Bertz CT molecular complexity index is 1000. The van der Waals surface area contributed by atoms with Crippen LogP contribution in [0.1, 0.15) is 25.0 Å². The van der Waals surface area contributed by atoms with Crippen molar-refractivity contribution in [2.75, 3.05) is 19.0 Å². The molecule has 3 heterocycles. The Morgan fingerprint density at radius 2 is 2.14 bits per heavy atom. The van der Waals surface area contributed by atoms with Crippen LogP contribution in [0.15, 0.2) is 41.1 Å². The number of carbonyl (C=O) groups is 1. The lowest BCUT2D eigenvalue weighted by Gasteiger charge is -2.41. The monoisotopic (exact) mass is 399 g/mol. The van der Waals surface area contributed by atoms with E-state index in [4.69, 9.17) is 9.15 Å². The van der Waals surface area contributed by atoms with E-state index in [0.29, 0.717) is 23.8 Å². The summed E-state index contributed by atoms with van der Waals surface area (Å²) < 4.78 is 28.6. The van der Waals surface area contributed by atoms with Gasteiger partial charge in [-0.25, -0.2) is 14.2 Å². The lowest BCUT2D eigenvalue weighted by molar-refractivity contribution is 0.111. The summed E-state index contributed by atoms with van der Waals surface area (Å²) in [5.74, 6) is 0.285. The van der Waals surface area contributed by atoms with Gasteiger partial charge in [-0.3, -0.25) is 4.98 Å². The van der Waals surface area contributed by atoms with Crippen molar-refractivity contribution in [1.82, 2.24) is 20.2 Å². The maximum Gasteiger partial charge on any atom is 0.516 e. The van der Waals surface area contributed by atoms with Crippen LogP contribution in [-0.4, -0.2) is 40.0 Å².